The van der Waals surface area contributed by atoms with E-state index in [0.717, 1.165) is 63.1 Å². The Balaban J connectivity index is 1.34. The molecule has 6 nitrogen and oxygen atoms in total. The number of piperazine rings is 1. The van der Waals surface area contributed by atoms with Crippen molar-refractivity contribution in [2.45, 2.75) is 25.7 Å². The van der Waals surface area contributed by atoms with Crippen LogP contribution < -0.4 is 20.9 Å². The maximum Gasteiger partial charge on any atom is 0.280 e. The summed E-state index contributed by atoms with van der Waals surface area (Å²) in [6.45, 7) is 3.64. The van der Waals surface area contributed by atoms with Crippen molar-refractivity contribution in [3.8, 4) is 0 Å². The summed E-state index contributed by atoms with van der Waals surface area (Å²) in [5, 5.41) is 3.56. The van der Waals surface area contributed by atoms with Crippen molar-refractivity contribution in [3.63, 3.8) is 0 Å². The number of halogens is 1. The minimum Gasteiger partial charge on any atom is -0.365 e. The van der Waals surface area contributed by atoms with Crippen LogP contribution in [0.3, 0.4) is 0 Å². The van der Waals surface area contributed by atoms with Crippen molar-refractivity contribution in [1.29, 1.82) is 0 Å². The third-order valence-electron chi connectivity index (χ3n) is 5.74. The van der Waals surface area contributed by atoms with E-state index in [-0.39, 0.29) is 11.7 Å². The molecule has 0 atom stereocenters. The maximum absolute atomic E-state index is 13.1. The normalized spacial score (nSPS) is 17.1. The van der Waals surface area contributed by atoms with Crippen LogP contribution in [0.5, 0.6) is 0 Å². The number of fused-ring (bicyclic) bond motifs is 1. The van der Waals surface area contributed by atoms with E-state index in [0.29, 0.717) is 17.1 Å². The number of quaternary nitrogens is 1. The fourth-order valence-corrected chi connectivity index (χ4v) is 5.53. The largest absolute Gasteiger partial charge is 0.365 e. The summed E-state index contributed by atoms with van der Waals surface area (Å²) in [6, 6.07) is 6.52. The lowest BCUT2D eigenvalue weighted by molar-refractivity contribution is -0.892. The molecule has 0 saturated carbocycles. The molecule has 0 spiro atoms. The molecule has 2 aliphatic rings. The first-order chi connectivity index (χ1) is 14.0. The van der Waals surface area contributed by atoms with E-state index in [1.807, 2.05) is 0 Å². The lowest BCUT2D eigenvalue weighted by Crippen LogP contribution is -3.15. The van der Waals surface area contributed by atoms with Crippen LogP contribution in [0.1, 0.15) is 33.6 Å². The summed E-state index contributed by atoms with van der Waals surface area (Å²) in [7, 11) is 0. The highest BCUT2D eigenvalue weighted by Gasteiger charge is 2.27. The average molecular weight is 418 g/mol. The molecule has 1 fully saturated rings. The van der Waals surface area contributed by atoms with Gasteiger partial charge in [0.1, 0.15) is 10.8 Å². The molecule has 4 rings (SSSR count). The molecule has 0 radical (unpaired) electrons. The lowest BCUT2D eigenvalue weighted by Gasteiger charge is -2.33. The number of hydrogen-bond acceptors (Lipinski definition) is 4. The monoisotopic (exact) mass is 417 g/mol. The first-order valence-corrected chi connectivity index (χ1v) is 10.9. The number of primary amides is 1. The van der Waals surface area contributed by atoms with E-state index in [1.54, 1.807) is 12.1 Å². The van der Waals surface area contributed by atoms with Crippen LogP contribution in [0.25, 0.3) is 0 Å². The van der Waals surface area contributed by atoms with E-state index in [9.17, 15) is 14.0 Å². The minimum absolute atomic E-state index is 0.0867. The van der Waals surface area contributed by atoms with E-state index >= 15 is 0 Å². The number of anilines is 2. The summed E-state index contributed by atoms with van der Waals surface area (Å²) in [4.78, 5) is 29.2. The number of benzene rings is 1. The van der Waals surface area contributed by atoms with Gasteiger partial charge in [0.25, 0.3) is 11.8 Å². The molecule has 0 bridgehead atoms. The third-order valence-corrected chi connectivity index (χ3v) is 6.95. The van der Waals surface area contributed by atoms with Gasteiger partial charge in [0.05, 0.1) is 31.7 Å². The van der Waals surface area contributed by atoms with Gasteiger partial charge in [-0.15, -0.1) is 11.3 Å². The van der Waals surface area contributed by atoms with Crippen molar-refractivity contribution in [2.24, 2.45) is 5.73 Å². The van der Waals surface area contributed by atoms with Crippen LogP contribution >= 0.6 is 11.3 Å². The Labute approximate surface area is 173 Å². The molecule has 4 N–H and O–H groups in total. The van der Waals surface area contributed by atoms with Gasteiger partial charge >= 0.3 is 0 Å². The number of thiophene rings is 1. The number of rotatable bonds is 5. The second kappa shape index (κ2) is 8.51. The highest BCUT2D eigenvalue weighted by molar-refractivity contribution is 7.17. The summed E-state index contributed by atoms with van der Waals surface area (Å²) in [5.74, 6) is -0.781. The number of aryl methyl sites for hydroxylation is 1. The molecule has 1 saturated heterocycles. The van der Waals surface area contributed by atoms with Gasteiger partial charge in [-0.1, -0.05) is 0 Å². The third kappa shape index (κ3) is 4.43. The molecule has 2 amide bonds. The zero-order valence-corrected chi connectivity index (χ0v) is 17.1. The molecule has 1 aromatic carbocycles. The van der Waals surface area contributed by atoms with Crippen LogP contribution in [0.2, 0.25) is 0 Å². The van der Waals surface area contributed by atoms with Gasteiger partial charge in [-0.2, -0.15) is 0 Å². The molecule has 2 aromatic rings. The average Bonchev–Trinajstić information content (AvgIpc) is 3.07. The Kier molecular flexibility index (Phi) is 5.82. The highest BCUT2D eigenvalue weighted by Crippen LogP contribution is 2.37. The van der Waals surface area contributed by atoms with Crippen molar-refractivity contribution in [3.05, 3.63) is 46.1 Å². The number of amides is 2. The quantitative estimate of drug-likeness (QED) is 0.684. The van der Waals surface area contributed by atoms with Crippen LogP contribution in [0.15, 0.2) is 24.3 Å². The van der Waals surface area contributed by atoms with E-state index < -0.39 is 5.91 Å². The number of carbonyl (C=O) groups is 2. The Morgan fingerprint density at radius 1 is 1.14 bits per heavy atom. The molecule has 29 heavy (non-hydrogen) atoms. The zero-order chi connectivity index (χ0) is 20.4. The fourth-order valence-electron chi connectivity index (χ4n) is 4.22. The number of nitrogens with zero attached hydrogens (tertiary/aromatic N) is 1. The Hall–Kier alpha value is -2.45. The molecule has 0 unspecified atom stereocenters. The summed E-state index contributed by atoms with van der Waals surface area (Å²) in [6.07, 6.45) is 3.98. The van der Waals surface area contributed by atoms with Crippen LogP contribution in [-0.4, -0.2) is 44.5 Å². The topological polar surface area (TPSA) is 79.9 Å². The predicted octanol–water partition coefficient (Wildman–Crippen LogP) is 1.21. The van der Waals surface area contributed by atoms with E-state index in [4.69, 9.17) is 5.73 Å². The molecular weight excluding hydrogens is 391 g/mol. The first kappa shape index (κ1) is 19.8. The van der Waals surface area contributed by atoms with Gasteiger partial charge in [-0.3, -0.25) is 9.59 Å². The van der Waals surface area contributed by atoms with E-state index in [1.165, 1.54) is 33.2 Å². The Bertz CT molecular complexity index is 904. The van der Waals surface area contributed by atoms with Crippen LogP contribution in [-0.2, 0) is 17.6 Å². The number of nitrogens with two attached hydrogens (primary N) is 1. The number of carbonyl (C=O) groups excluding carboxylic acids is 2. The van der Waals surface area contributed by atoms with Gasteiger partial charge in [0.15, 0.2) is 6.54 Å². The lowest BCUT2D eigenvalue weighted by atomic mass is 9.95. The molecule has 1 aliphatic carbocycles. The number of nitrogens with one attached hydrogen (secondary N) is 2. The van der Waals surface area contributed by atoms with Crippen molar-refractivity contribution in [2.75, 3.05) is 42.9 Å². The minimum atomic E-state index is -0.458. The SMILES string of the molecule is NC(=O)c1c(NC(=O)C[NH+]2CCN(c3ccc(F)cc3)CC2)sc2c1CCCC2. The van der Waals surface area contributed by atoms with Crippen LogP contribution in [0, 0.1) is 5.82 Å². The molecule has 2 heterocycles. The smallest absolute Gasteiger partial charge is 0.280 e. The van der Waals surface area contributed by atoms with Gasteiger partial charge in [-0.05, 0) is 55.5 Å². The standard InChI is InChI=1S/C21H25FN4O2S/c22-14-5-7-15(8-6-14)26-11-9-25(10-12-26)13-18(27)24-21-19(20(23)28)16-3-1-2-4-17(16)29-21/h5-8H,1-4,9-13H2,(H2,23,28)(H,24,27)/p+1. The fraction of sp³-hybridized carbons (Fsp3) is 0.429. The van der Waals surface area contributed by atoms with Crippen molar-refractivity contribution in [1.82, 2.24) is 0 Å². The van der Waals surface area contributed by atoms with Gasteiger partial charge < -0.3 is 20.9 Å². The molecule has 1 aliphatic heterocycles. The second-order valence-electron chi connectivity index (χ2n) is 7.72. The molecule has 8 heteroatoms. The first-order valence-electron chi connectivity index (χ1n) is 10.1. The number of hydrogen-bond donors (Lipinski definition) is 3. The van der Waals surface area contributed by atoms with Crippen LogP contribution in [0.4, 0.5) is 15.1 Å². The van der Waals surface area contributed by atoms with Gasteiger partial charge in [-0.25, -0.2) is 4.39 Å². The summed E-state index contributed by atoms with van der Waals surface area (Å²) >= 11 is 1.50. The maximum atomic E-state index is 13.1. The zero-order valence-electron chi connectivity index (χ0n) is 16.3. The van der Waals surface area contributed by atoms with Crippen molar-refractivity contribution < 1.29 is 18.9 Å². The highest BCUT2D eigenvalue weighted by atomic mass is 32.1. The van der Waals surface area contributed by atoms with Crippen molar-refractivity contribution >= 4 is 33.8 Å². The molecule has 1 aromatic heterocycles. The van der Waals surface area contributed by atoms with Gasteiger partial charge in [0.2, 0.25) is 0 Å². The molecule has 154 valence electrons. The summed E-state index contributed by atoms with van der Waals surface area (Å²) < 4.78 is 13.1. The predicted molar refractivity (Wildman–Crippen MR) is 112 cm³/mol. The second-order valence-corrected chi connectivity index (χ2v) is 8.82. The summed E-state index contributed by atoms with van der Waals surface area (Å²) in [5.41, 5.74) is 8.15. The Morgan fingerprint density at radius 2 is 1.83 bits per heavy atom. The van der Waals surface area contributed by atoms with Gasteiger partial charge in [0, 0.05) is 10.6 Å². The van der Waals surface area contributed by atoms with E-state index in [2.05, 4.69) is 10.2 Å². The Morgan fingerprint density at radius 3 is 2.52 bits per heavy atom. The molecular formula is C21H26FN4O2S+.